The number of aliphatic hydroxyl groups excluding tert-OH is 1. The number of nitro benzene ring substituents is 1. The standard InChI is InChI=1S/C20H25NO8/c1-3-16(29-20(24)14-8-10-15(11-9-14)21(25)26)17-6-4-5-7-18(28-17)19(12-22)27-13(2)23/h4-5,8-11,16-19,22H,3,6-7,12H2,1-2H3/t16-,17-,18+,19+/m0/s1. The molecule has 1 aliphatic heterocycles. The van der Waals surface area contributed by atoms with Crippen LogP contribution in [0.5, 0.6) is 0 Å². The van der Waals surface area contributed by atoms with Gasteiger partial charge in [0.2, 0.25) is 0 Å². The third-order valence-electron chi connectivity index (χ3n) is 4.55. The SMILES string of the molecule is CC[C@H](OC(=O)c1ccc([N+](=O)[O-])cc1)[C@@H]1CC=CC[C@H]([C@@H](CO)OC(C)=O)O1. The van der Waals surface area contributed by atoms with E-state index in [4.69, 9.17) is 14.2 Å². The molecule has 0 aliphatic carbocycles. The summed E-state index contributed by atoms with van der Waals surface area (Å²) < 4.78 is 16.8. The summed E-state index contributed by atoms with van der Waals surface area (Å²) in [5.41, 5.74) is 0.0806. The first-order valence-electron chi connectivity index (χ1n) is 9.39. The molecule has 1 aromatic rings. The first kappa shape index (κ1) is 22.5. The second-order valence-electron chi connectivity index (χ2n) is 6.64. The van der Waals surface area contributed by atoms with Crippen LogP contribution in [-0.2, 0) is 19.0 Å². The number of rotatable bonds is 8. The monoisotopic (exact) mass is 407 g/mol. The van der Waals surface area contributed by atoms with Gasteiger partial charge in [0.1, 0.15) is 12.2 Å². The van der Waals surface area contributed by atoms with Gasteiger partial charge < -0.3 is 19.3 Å². The second-order valence-corrected chi connectivity index (χ2v) is 6.64. The maximum atomic E-state index is 12.5. The predicted molar refractivity (Wildman–Crippen MR) is 102 cm³/mol. The van der Waals surface area contributed by atoms with Crippen molar-refractivity contribution >= 4 is 17.6 Å². The minimum absolute atomic E-state index is 0.116. The molecule has 0 radical (unpaired) electrons. The highest BCUT2D eigenvalue weighted by atomic mass is 16.6. The van der Waals surface area contributed by atoms with Crippen LogP contribution in [-0.4, -0.2) is 53.0 Å². The van der Waals surface area contributed by atoms with Gasteiger partial charge in [0.15, 0.2) is 6.10 Å². The molecule has 0 aromatic heterocycles. The molecule has 29 heavy (non-hydrogen) atoms. The lowest BCUT2D eigenvalue weighted by atomic mass is 10.1. The zero-order chi connectivity index (χ0) is 21.4. The molecule has 158 valence electrons. The summed E-state index contributed by atoms with van der Waals surface area (Å²) in [5.74, 6) is -1.13. The lowest BCUT2D eigenvalue weighted by Crippen LogP contribution is -2.42. The van der Waals surface area contributed by atoms with Crippen LogP contribution in [0.15, 0.2) is 36.4 Å². The molecule has 1 aromatic carbocycles. The van der Waals surface area contributed by atoms with Crippen molar-refractivity contribution in [3.8, 4) is 0 Å². The largest absolute Gasteiger partial charge is 0.457 e. The van der Waals surface area contributed by atoms with Gasteiger partial charge in [-0.2, -0.15) is 0 Å². The Morgan fingerprint density at radius 1 is 1.17 bits per heavy atom. The Kier molecular flexibility index (Phi) is 8.29. The van der Waals surface area contributed by atoms with Gasteiger partial charge in [-0.1, -0.05) is 19.1 Å². The normalized spacial score (nSPS) is 20.9. The molecule has 0 unspecified atom stereocenters. The molecule has 1 N–H and O–H groups in total. The second kappa shape index (κ2) is 10.7. The summed E-state index contributed by atoms with van der Waals surface area (Å²) in [6.45, 7) is 2.72. The molecule has 9 nitrogen and oxygen atoms in total. The van der Waals surface area contributed by atoms with E-state index < -0.39 is 41.3 Å². The van der Waals surface area contributed by atoms with Crippen LogP contribution in [0, 0.1) is 10.1 Å². The molecular formula is C20H25NO8. The molecule has 2 rings (SSSR count). The Hall–Kier alpha value is -2.78. The van der Waals surface area contributed by atoms with Gasteiger partial charge in [-0.05, 0) is 31.4 Å². The maximum Gasteiger partial charge on any atom is 0.338 e. The zero-order valence-corrected chi connectivity index (χ0v) is 16.4. The Balaban J connectivity index is 2.08. The summed E-state index contributed by atoms with van der Waals surface area (Å²) in [4.78, 5) is 33.9. The fourth-order valence-electron chi connectivity index (χ4n) is 3.07. The maximum absolute atomic E-state index is 12.5. The quantitative estimate of drug-likeness (QED) is 0.302. The van der Waals surface area contributed by atoms with Gasteiger partial charge in [-0.3, -0.25) is 14.9 Å². The first-order valence-corrected chi connectivity index (χ1v) is 9.39. The Morgan fingerprint density at radius 3 is 2.24 bits per heavy atom. The Labute approximate surface area is 168 Å². The van der Waals surface area contributed by atoms with Crippen LogP contribution < -0.4 is 0 Å². The van der Waals surface area contributed by atoms with Crippen molar-refractivity contribution < 1.29 is 33.8 Å². The molecule has 1 heterocycles. The van der Waals surface area contributed by atoms with E-state index in [1.807, 2.05) is 19.1 Å². The lowest BCUT2D eigenvalue weighted by molar-refractivity contribution is -0.384. The van der Waals surface area contributed by atoms with Crippen LogP contribution in [0.4, 0.5) is 5.69 Å². The number of esters is 2. The fourth-order valence-corrected chi connectivity index (χ4v) is 3.07. The third-order valence-corrected chi connectivity index (χ3v) is 4.55. The van der Waals surface area contributed by atoms with Crippen LogP contribution in [0.3, 0.4) is 0 Å². The van der Waals surface area contributed by atoms with E-state index in [9.17, 15) is 24.8 Å². The van der Waals surface area contributed by atoms with Crippen molar-refractivity contribution in [1.82, 2.24) is 0 Å². The molecule has 0 saturated carbocycles. The highest BCUT2D eigenvalue weighted by Crippen LogP contribution is 2.24. The van der Waals surface area contributed by atoms with Crippen LogP contribution in [0.25, 0.3) is 0 Å². The lowest BCUT2D eigenvalue weighted by Gasteiger charge is -2.31. The number of carbonyl (C=O) groups is 2. The summed E-state index contributed by atoms with van der Waals surface area (Å²) in [6.07, 6.45) is 2.72. The molecule has 0 fully saturated rings. The molecular weight excluding hydrogens is 382 g/mol. The van der Waals surface area contributed by atoms with E-state index in [-0.39, 0.29) is 17.9 Å². The minimum atomic E-state index is -0.819. The Bertz CT molecular complexity index is 745. The van der Waals surface area contributed by atoms with Gasteiger partial charge in [-0.25, -0.2) is 4.79 Å². The van der Waals surface area contributed by atoms with Crippen LogP contribution in [0.1, 0.15) is 43.5 Å². The number of hydrogen-bond acceptors (Lipinski definition) is 8. The van der Waals surface area contributed by atoms with Gasteiger partial charge in [0.05, 0.1) is 23.2 Å². The number of carbonyl (C=O) groups excluding carboxylic acids is 2. The van der Waals surface area contributed by atoms with Crippen molar-refractivity contribution in [2.75, 3.05) is 6.61 Å². The summed E-state index contributed by atoms with van der Waals surface area (Å²) in [7, 11) is 0. The first-order chi connectivity index (χ1) is 13.8. The van der Waals surface area contributed by atoms with Gasteiger partial charge >= 0.3 is 11.9 Å². The number of benzene rings is 1. The van der Waals surface area contributed by atoms with Gasteiger partial charge in [0.25, 0.3) is 5.69 Å². The average Bonchev–Trinajstić information content (AvgIpc) is 2.96. The summed E-state index contributed by atoms with van der Waals surface area (Å²) in [5, 5.41) is 20.3. The van der Waals surface area contributed by atoms with E-state index in [2.05, 4.69) is 0 Å². The molecule has 0 amide bonds. The van der Waals surface area contributed by atoms with Crippen molar-refractivity contribution in [2.24, 2.45) is 0 Å². The molecule has 1 aliphatic rings. The zero-order valence-electron chi connectivity index (χ0n) is 16.4. The molecule has 4 atom stereocenters. The number of aliphatic hydroxyl groups is 1. The van der Waals surface area contributed by atoms with Crippen molar-refractivity contribution in [2.45, 2.75) is 57.5 Å². The molecule has 0 bridgehead atoms. The van der Waals surface area contributed by atoms with Gasteiger partial charge in [-0.15, -0.1) is 0 Å². The minimum Gasteiger partial charge on any atom is -0.457 e. The van der Waals surface area contributed by atoms with Crippen LogP contribution >= 0.6 is 0 Å². The smallest absolute Gasteiger partial charge is 0.338 e. The number of nitro groups is 1. The van der Waals surface area contributed by atoms with Crippen molar-refractivity contribution in [1.29, 1.82) is 0 Å². The molecule has 0 spiro atoms. The van der Waals surface area contributed by atoms with E-state index >= 15 is 0 Å². The van der Waals surface area contributed by atoms with Crippen LogP contribution in [0.2, 0.25) is 0 Å². The van der Waals surface area contributed by atoms with E-state index in [1.54, 1.807) is 0 Å². The highest BCUT2D eigenvalue weighted by Gasteiger charge is 2.33. The topological polar surface area (TPSA) is 125 Å². The summed E-state index contributed by atoms with van der Waals surface area (Å²) in [6, 6.07) is 5.16. The number of hydrogen-bond donors (Lipinski definition) is 1. The number of non-ortho nitro benzene ring substituents is 1. The number of nitrogens with zero attached hydrogens (tertiary/aromatic N) is 1. The van der Waals surface area contributed by atoms with Crippen molar-refractivity contribution in [3.05, 3.63) is 52.1 Å². The highest BCUT2D eigenvalue weighted by molar-refractivity contribution is 5.89. The third kappa shape index (κ3) is 6.37. The Morgan fingerprint density at radius 2 is 1.76 bits per heavy atom. The fraction of sp³-hybridized carbons (Fsp3) is 0.500. The van der Waals surface area contributed by atoms with E-state index in [1.165, 1.54) is 31.2 Å². The predicted octanol–water partition coefficient (Wildman–Crippen LogP) is 2.56. The van der Waals surface area contributed by atoms with E-state index in [0.717, 1.165) is 0 Å². The van der Waals surface area contributed by atoms with Gasteiger partial charge in [0, 0.05) is 19.1 Å². The average molecular weight is 407 g/mol. The molecule has 9 heteroatoms. The number of ether oxygens (including phenoxy) is 3. The molecule has 0 saturated heterocycles. The van der Waals surface area contributed by atoms with E-state index in [0.29, 0.717) is 19.3 Å². The van der Waals surface area contributed by atoms with Crippen molar-refractivity contribution in [3.63, 3.8) is 0 Å². The summed E-state index contributed by atoms with van der Waals surface area (Å²) >= 11 is 0.